The molecule has 19 nitrogen and oxygen atoms in total. The average Bonchev–Trinajstić information content (AvgIpc) is 1.46. The number of thioether (sulfide) groups is 6. The second kappa shape index (κ2) is 43.9. The van der Waals surface area contributed by atoms with E-state index >= 15 is 0 Å². The van der Waals surface area contributed by atoms with Crippen LogP contribution in [-0.2, 0) is 34.1 Å². The van der Waals surface area contributed by atoms with E-state index in [-0.39, 0.29) is 25.3 Å². The van der Waals surface area contributed by atoms with Crippen LogP contribution in [0.3, 0.4) is 0 Å². The van der Waals surface area contributed by atoms with Crippen LogP contribution in [0.5, 0.6) is 0 Å². The highest BCUT2D eigenvalue weighted by Gasteiger charge is 2.26. The van der Waals surface area contributed by atoms with Crippen molar-refractivity contribution in [2.24, 2.45) is 11.8 Å². The van der Waals surface area contributed by atoms with E-state index in [9.17, 15) is 14.9 Å². The van der Waals surface area contributed by atoms with Gasteiger partial charge in [0.2, 0.25) is 16.9 Å². The number of thiazole rings is 1. The van der Waals surface area contributed by atoms with E-state index in [0.29, 0.717) is 72.3 Å². The Bertz CT molecular complexity index is 4510. The van der Waals surface area contributed by atoms with Gasteiger partial charge in [-0.05, 0) is 134 Å². The van der Waals surface area contributed by atoms with E-state index < -0.39 is 0 Å². The van der Waals surface area contributed by atoms with Gasteiger partial charge in [0.15, 0.2) is 13.0 Å². The minimum atomic E-state index is -0.239. The lowest BCUT2D eigenvalue weighted by atomic mass is 9.99. The number of carbonyl (C=O) groups is 2. The van der Waals surface area contributed by atoms with Crippen molar-refractivity contribution in [3.63, 3.8) is 0 Å². The highest BCUT2D eigenvalue weighted by molar-refractivity contribution is 8.03. The predicted molar refractivity (Wildman–Crippen MR) is 440 cm³/mol. The van der Waals surface area contributed by atoms with E-state index in [0.717, 1.165) is 147 Å². The Kier molecular flexibility index (Phi) is 33.8. The van der Waals surface area contributed by atoms with Crippen LogP contribution in [0.4, 0.5) is 9.93 Å². The largest absolute Gasteiger partial charge is 0.469 e. The van der Waals surface area contributed by atoms with E-state index in [4.69, 9.17) is 29.6 Å². The first-order valence-corrected chi connectivity index (χ1v) is 44.1. The number of likely N-dealkylation sites (tertiary alicyclic amines) is 1. The lowest BCUT2D eigenvalue weighted by Gasteiger charge is -2.30. The third-order valence-corrected chi connectivity index (χ3v) is 27.1. The summed E-state index contributed by atoms with van der Waals surface area (Å²) in [5.74, 6) is 8.89. The van der Waals surface area contributed by atoms with Crippen molar-refractivity contribution >= 4 is 133 Å². The highest BCUT2D eigenvalue weighted by Crippen LogP contribution is 2.36. The number of anilines is 1. The number of ether oxygens (including phenoxy) is 1. The number of benzene rings is 5. The Morgan fingerprint density at radius 2 is 1.33 bits per heavy atom. The number of carbonyl (C=O) groups excluding carboxylic acids is 2. The first kappa shape index (κ1) is 82.3. The van der Waals surface area contributed by atoms with E-state index in [2.05, 4.69) is 118 Å². The van der Waals surface area contributed by atoms with Gasteiger partial charge in [0.05, 0.1) is 45.6 Å². The second-order valence-corrected chi connectivity index (χ2v) is 35.7. The molecule has 8 heterocycles. The number of rotatable bonds is 28. The summed E-state index contributed by atoms with van der Waals surface area (Å²) in [6, 6.07) is 46.5. The van der Waals surface area contributed by atoms with Crippen molar-refractivity contribution in [2.45, 2.75) is 152 Å². The van der Waals surface area contributed by atoms with Crippen molar-refractivity contribution in [3.8, 4) is 28.7 Å². The summed E-state index contributed by atoms with van der Waals surface area (Å²) in [4.78, 5) is 34.0. The summed E-state index contributed by atoms with van der Waals surface area (Å²) >= 11 is 21.2. The van der Waals surface area contributed by atoms with Gasteiger partial charge >= 0.3 is 6.09 Å². The molecule has 0 unspecified atom stereocenters. The fourth-order valence-electron chi connectivity index (χ4n) is 11.4. The van der Waals surface area contributed by atoms with Gasteiger partial charge < -0.3 is 33.1 Å². The molecule has 0 bridgehead atoms. The Morgan fingerprint density at radius 3 is 2.05 bits per heavy atom. The van der Waals surface area contributed by atoms with Crippen LogP contribution in [0.25, 0.3) is 22.6 Å². The third kappa shape index (κ3) is 26.5. The molecule has 2 aliphatic heterocycles. The normalized spacial score (nSPS) is 13.6. The molecule has 14 rings (SSSR count). The average molecular weight is 1630 g/mol. The summed E-state index contributed by atoms with van der Waals surface area (Å²) in [6.07, 6.45) is 12.0. The molecule has 6 aromatic heterocycles. The number of halogens is 1. The number of piperidine rings is 1. The summed E-state index contributed by atoms with van der Waals surface area (Å²) in [6.45, 7) is 13.0. The number of nitrogens with one attached hydrogen (secondary N) is 1. The van der Waals surface area contributed by atoms with Gasteiger partial charge in [0, 0.05) is 77.7 Å². The van der Waals surface area contributed by atoms with Gasteiger partial charge in [-0.3, -0.25) is 4.79 Å². The number of aromatic nitrogens is 9. The van der Waals surface area contributed by atoms with Crippen LogP contribution in [0.1, 0.15) is 135 Å². The van der Waals surface area contributed by atoms with Crippen LogP contribution in [0, 0.1) is 37.0 Å². The lowest BCUT2D eigenvalue weighted by molar-refractivity contribution is -0.124. The third-order valence-electron chi connectivity index (χ3n) is 17.3. The first-order valence-electron chi connectivity index (χ1n) is 35.3. The summed E-state index contributed by atoms with van der Waals surface area (Å²) < 4.78 is 25.2. The number of nitriles is 1. The number of hydrogen-bond donors (Lipinski definition) is 1. The minimum Gasteiger partial charge on any atom is -0.469 e. The number of aryl methyl sites for hydroxylation is 2. The molecule has 0 spiro atoms. The molecular formula is C78H88ClN13O6S9. The number of furan rings is 1. The molecule has 1 N–H and O–H groups in total. The zero-order chi connectivity index (χ0) is 73.7. The van der Waals surface area contributed by atoms with Crippen LogP contribution in [0.15, 0.2) is 187 Å². The topological polar surface area (TPSA) is 241 Å². The fourth-order valence-corrected chi connectivity index (χ4v) is 19.9. The highest BCUT2D eigenvalue weighted by atomic mass is 35.5. The van der Waals surface area contributed by atoms with Crippen molar-refractivity contribution in [2.75, 3.05) is 60.6 Å². The van der Waals surface area contributed by atoms with Gasteiger partial charge in [0.1, 0.15) is 12.4 Å². The molecule has 29 heteroatoms. The maximum Gasteiger partial charge on any atom is 0.410 e. The number of hydrogen-bond acceptors (Lipinski definition) is 26. The molecule has 2 saturated heterocycles. The molecule has 1 saturated carbocycles. The number of nitrogens with zero attached hydrogens (tertiary/aromatic N) is 12. The van der Waals surface area contributed by atoms with Crippen molar-refractivity contribution in [1.29, 1.82) is 5.26 Å². The van der Waals surface area contributed by atoms with E-state index in [1.165, 1.54) is 53.5 Å². The Labute approximate surface area is 669 Å². The Hall–Kier alpha value is -7.17. The molecule has 562 valence electrons. The molecule has 2 amide bonds. The van der Waals surface area contributed by atoms with E-state index in [1.807, 2.05) is 134 Å². The Morgan fingerprint density at radius 1 is 0.664 bits per heavy atom. The molecule has 0 radical (unpaired) electrons. The van der Waals surface area contributed by atoms with Gasteiger partial charge in [-0.15, -0.1) is 63.9 Å². The zero-order valence-electron chi connectivity index (χ0n) is 59.5. The smallest absolute Gasteiger partial charge is 0.410 e. The van der Waals surface area contributed by atoms with Crippen LogP contribution in [0.2, 0.25) is 5.02 Å². The van der Waals surface area contributed by atoms with Crippen molar-refractivity contribution < 1.29 is 27.6 Å². The van der Waals surface area contributed by atoms with Gasteiger partial charge in [-0.2, -0.15) is 5.26 Å². The van der Waals surface area contributed by atoms with E-state index in [1.54, 1.807) is 80.5 Å². The minimum absolute atomic E-state index is 0. The maximum absolute atomic E-state index is 12.3. The second-order valence-electron chi connectivity index (χ2n) is 25.3. The van der Waals surface area contributed by atoms with Crippen LogP contribution < -0.4 is 10.2 Å². The Balaban J connectivity index is 0.000000153. The van der Waals surface area contributed by atoms with Crippen LogP contribution in [-0.4, -0.2) is 118 Å². The first-order chi connectivity index (χ1) is 51.8. The molecule has 3 aliphatic rings. The predicted octanol–water partition coefficient (Wildman–Crippen LogP) is 21.1. The maximum atomic E-state index is 12.3. The zero-order valence-corrected chi connectivity index (χ0v) is 67.6. The van der Waals surface area contributed by atoms with Gasteiger partial charge in [-0.1, -0.05) is 236 Å². The van der Waals surface area contributed by atoms with Gasteiger partial charge in [-0.25, -0.2) is 9.78 Å². The number of amides is 2. The van der Waals surface area contributed by atoms with Crippen molar-refractivity contribution in [1.82, 2.24) is 56.0 Å². The summed E-state index contributed by atoms with van der Waals surface area (Å²) in [5, 5.41) is 52.0. The van der Waals surface area contributed by atoms with Crippen LogP contribution >= 0.6 is 116 Å². The fraction of sp³-hybridized carbons (Fsp3) is 0.385. The monoisotopic (exact) mass is 1630 g/mol. The molecule has 1 aliphatic carbocycles. The molecule has 5 aromatic carbocycles. The quantitative estimate of drug-likeness (QED) is 0.0354. The SMILES string of the molecule is C.CC(C)c1ccc(CSc2nnc(SCCNC(=O)C3CCCC3)s2)cc1.Cc1nc(Cc2nnc(SCc3ccc(-c4ccccc4C#N)cc3)o2)cs1.Cc1occc1-c1nnc(SCC2CCN(C(=O)OCc3ccccc3)CC2)o1.Clc1ccccc1SCCCSc1nnc(N2CCCC2)s1. The summed E-state index contributed by atoms with van der Waals surface area (Å²) in [5.41, 5.74) is 9.27. The molecule has 107 heavy (non-hydrogen) atoms. The molecule has 3 fully saturated rings. The molecule has 11 aromatic rings. The van der Waals surface area contributed by atoms with Crippen molar-refractivity contribution in [3.05, 3.63) is 200 Å². The lowest BCUT2D eigenvalue weighted by Crippen LogP contribution is -2.39. The summed E-state index contributed by atoms with van der Waals surface area (Å²) in [7, 11) is 0. The molecule has 0 atom stereocenters. The standard InChI is InChI=1S/C21H16N4OS2.C21H23N3O4S.C20H27N3OS3.C15H18ClN3S3.CH4/c1-14-23-18(13-27-14)10-20-24-25-21(26-20)28-12-15-6-8-16(9-7-15)19-5-3-2-4-17(19)11-22;1-15-18(9-12-26-15)19-22-23-20(28-19)29-14-17-7-10-24(11-8-17)21(25)27-13-16-5-3-2-4-6-16;1-14(2)16-9-7-15(8-10-16)13-26-20-23-22-19(27-20)25-12-11-21-18(24)17-5-3-4-6-17;16-12-6-1-2-7-13(12)20-10-5-11-21-15-18-17-14(22-15)19-8-3-4-9-19;/h2-9,13H,10,12H2,1H3;2-6,9,12,17H,7-8,10-11,13-14H2,1H3;7-10,14,17H,3-6,11-13H2,1-2H3,(H,21,24);1-2,6-7H,3-5,8-11H2;1H4. The molecular weight excluding hydrogens is 1540 g/mol. The van der Waals surface area contributed by atoms with Gasteiger partial charge in [0.25, 0.3) is 16.3 Å².